The molecule has 0 aliphatic heterocycles. The number of carboxylic acids is 1. The summed E-state index contributed by atoms with van der Waals surface area (Å²) >= 11 is 0. The summed E-state index contributed by atoms with van der Waals surface area (Å²) < 4.78 is 6.09. The van der Waals surface area contributed by atoms with E-state index in [9.17, 15) is 4.79 Å². The fourth-order valence-corrected chi connectivity index (χ4v) is 3.18. The van der Waals surface area contributed by atoms with Crippen LogP contribution in [0.4, 0.5) is 0 Å². The minimum absolute atomic E-state index is 0.0773. The van der Waals surface area contributed by atoms with Crippen molar-refractivity contribution in [3.8, 4) is 0 Å². The molecule has 0 radical (unpaired) electrons. The summed E-state index contributed by atoms with van der Waals surface area (Å²) in [7, 11) is 0. The topological polar surface area (TPSA) is 59.4 Å². The average molecular weight is 291 g/mol. The highest BCUT2D eigenvalue weighted by atomic mass is 16.5. The molecule has 0 aromatic carbocycles. The van der Waals surface area contributed by atoms with E-state index in [-0.39, 0.29) is 11.8 Å². The molecule has 1 fully saturated rings. The highest BCUT2D eigenvalue weighted by Crippen LogP contribution is 2.35. The average Bonchev–Trinajstić information content (AvgIpc) is 2.45. The minimum Gasteiger partial charge on any atom is -0.477 e. The third kappa shape index (κ3) is 4.27. The van der Waals surface area contributed by atoms with Gasteiger partial charge in [0.1, 0.15) is 5.69 Å². The zero-order valence-corrected chi connectivity index (χ0v) is 13.1. The van der Waals surface area contributed by atoms with Gasteiger partial charge in [0.05, 0.1) is 18.4 Å². The molecule has 0 saturated heterocycles. The van der Waals surface area contributed by atoms with Crippen LogP contribution in [0.25, 0.3) is 0 Å². The van der Waals surface area contributed by atoms with Crippen LogP contribution in [0.3, 0.4) is 0 Å². The molecule has 1 aromatic rings. The van der Waals surface area contributed by atoms with Gasteiger partial charge in [-0.2, -0.15) is 0 Å². The first kappa shape index (κ1) is 16.0. The van der Waals surface area contributed by atoms with E-state index in [4.69, 9.17) is 9.84 Å². The van der Waals surface area contributed by atoms with Gasteiger partial charge in [0, 0.05) is 0 Å². The van der Waals surface area contributed by atoms with Gasteiger partial charge in [0.15, 0.2) is 0 Å². The van der Waals surface area contributed by atoms with Crippen LogP contribution in [0.5, 0.6) is 0 Å². The lowest BCUT2D eigenvalue weighted by atomic mass is 9.75. The predicted molar refractivity (Wildman–Crippen MR) is 81.1 cm³/mol. The Morgan fingerprint density at radius 1 is 1.43 bits per heavy atom. The van der Waals surface area contributed by atoms with Gasteiger partial charge in [0.2, 0.25) is 0 Å². The number of rotatable bonds is 5. The predicted octanol–water partition coefficient (Wildman–Crippen LogP) is 3.76. The molecule has 1 saturated carbocycles. The van der Waals surface area contributed by atoms with Crippen LogP contribution in [0.2, 0.25) is 0 Å². The number of hydrogen-bond acceptors (Lipinski definition) is 3. The fraction of sp³-hybridized carbons (Fsp3) is 0.647. The maximum absolute atomic E-state index is 10.9. The second kappa shape index (κ2) is 7.03. The summed E-state index contributed by atoms with van der Waals surface area (Å²) in [6.45, 7) is 7.17. The van der Waals surface area contributed by atoms with Crippen LogP contribution < -0.4 is 0 Å². The summed E-state index contributed by atoms with van der Waals surface area (Å²) in [5.74, 6) is 0.899. The minimum atomic E-state index is -0.997. The van der Waals surface area contributed by atoms with Gasteiger partial charge in [-0.05, 0) is 42.7 Å². The van der Waals surface area contributed by atoms with Gasteiger partial charge < -0.3 is 9.84 Å². The van der Waals surface area contributed by atoms with E-state index in [2.05, 4.69) is 25.8 Å². The molecule has 3 atom stereocenters. The Hall–Kier alpha value is -1.42. The molecule has 1 aliphatic carbocycles. The van der Waals surface area contributed by atoms with Crippen molar-refractivity contribution >= 4 is 5.97 Å². The van der Waals surface area contributed by atoms with Crippen LogP contribution in [0, 0.1) is 17.8 Å². The number of carbonyl (C=O) groups is 1. The molecular weight excluding hydrogens is 266 g/mol. The maximum Gasteiger partial charge on any atom is 0.354 e. The monoisotopic (exact) mass is 291 g/mol. The number of aromatic carboxylic acids is 1. The second-order valence-electron chi connectivity index (χ2n) is 6.49. The van der Waals surface area contributed by atoms with E-state index in [0.29, 0.717) is 30.1 Å². The zero-order chi connectivity index (χ0) is 15.4. The number of nitrogens with zero attached hydrogens (tertiary/aromatic N) is 1. The second-order valence-corrected chi connectivity index (χ2v) is 6.49. The van der Waals surface area contributed by atoms with Crippen molar-refractivity contribution in [1.82, 2.24) is 4.98 Å². The van der Waals surface area contributed by atoms with Crippen LogP contribution in [0.15, 0.2) is 18.2 Å². The molecule has 0 bridgehead atoms. The number of hydrogen-bond donors (Lipinski definition) is 1. The third-order valence-electron chi connectivity index (χ3n) is 4.43. The standard InChI is InChI=1S/C17H25NO3/c1-11(2)14-8-7-12(3)9-16(14)21-10-13-5-4-6-15(18-13)17(19)20/h4-6,11-12,14,16H,7-10H2,1-3H3,(H,19,20). The van der Waals surface area contributed by atoms with Crippen molar-refractivity contribution in [2.45, 2.75) is 52.7 Å². The molecule has 21 heavy (non-hydrogen) atoms. The Bertz CT molecular complexity index is 487. The molecule has 1 aliphatic rings. The van der Waals surface area contributed by atoms with E-state index in [0.717, 1.165) is 6.42 Å². The first-order valence-corrected chi connectivity index (χ1v) is 7.78. The summed E-state index contributed by atoms with van der Waals surface area (Å²) in [5.41, 5.74) is 0.768. The fourth-order valence-electron chi connectivity index (χ4n) is 3.18. The van der Waals surface area contributed by atoms with Gasteiger partial charge in [-0.3, -0.25) is 0 Å². The Labute approximate surface area is 126 Å². The smallest absolute Gasteiger partial charge is 0.354 e. The first-order chi connectivity index (χ1) is 9.97. The van der Waals surface area contributed by atoms with Crippen molar-refractivity contribution in [1.29, 1.82) is 0 Å². The molecule has 0 amide bonds. The van der Waals surface area contributed by atoms with E-state index >= 15 is 0 Å². The van der Waals surface area contributed by atoms with Crippen molar-refractivity contribution in [2.24, 2.45) is 17.8 Å². The Morgan fingerprint density at radius 3 is 2.86 bits per heavy atom. The normalized spacial score (nSPS) is 26.0. The molecule has 0 spiro atoms. The molecule has 3 unspecified atom stereocenters. The van der Waals surface area contributed by atoms with Crippen LogP contribution >= 0.6 is 0 Å². The molecule has 4 nitrogen and oxygen atoms in total. The van der Waals surface area contributed by atoms with E-state index < -0.39 is 5.97 Å². The first-order valence-electron chi connectivity index (χ1n) is 7.78. The highest BCUT2D eigenvalue weighted by Gasteiger charge is 2.31. The molecule has 2 rings (SSSR count). The lowest BCUT2D eigenvalue weighted by molar-refractivity contribution is -0.0483. The van der Waals surface area contributed by atoms with Gasteiger partial charge in [0.25, 0.3) is 0 Å². The number of pyridine rings is 1. The lowest BCUT2D eigenvalue weighted by Crippen LogP contribution is -2.34. The van der Waals surface area contributed by atoms with Gasteiger partial charge in [-0.1, -0.05) is 33.3 Å². The molecule has 116 valence electrons. The maximum atomic E-state index is 10.9. The number of aromatic nitrogens is 1. The van der Waals surface area contributed by atoms with Gasteiger partial charge >= 0.3 is 5.97 Å². The molecule has 1 heterocycles. The summed E-state index contributed by atoms with van der Waals surface area (Å²) in [6, 6.07) is 5.05. The summed E-state index contributed by atoms with van der Waals surface area (Å²) in [5, 5.41) is 8.97. The lowest BCUT2D eigenvalue weighted by Gasteiger charge is -2.37. The van der Waals surface area contributed by atoms with E-state index in [1.807, 2.05) is 6.07 Å². The Balaban J connectivity index is 2.00. The van der Waals surface area contributed by atoms with E-state index in [1.165, 1.54) is 18.9 Å². The van der Waals surface area contributed by atoms with Gasteiger partial charge in [-0.25, -0.2) is 9.78 Å². The van der Waals surface area contributed by atoms with Crippen molar-refractivity contribution in [2.75, 3.05) is 0 Å². The SMILES string of the molecule is CC1CCC(C(C)C)C(OCc2cccc(C(=O)O)n2)C1. The number of carboxylic acid groups (broad SMARTS) is 1. The van der Waals surface area contributed by atoms with Crippen molar-refractivity contribution in [3.05, 3.63) is 29.6 Å². The molecule has 4 heteroatoms. The zero-order valence-electron chi connectivity index (χ0n) is 13.1. The molecule has 1 aromatic heterocycles. The summed E-state index contributed by atoms with van der Waals surface area (Å²) in [6.07, 6.45) is 3.83. The largest absolute Gasteiger partial charge is 0.477 e. The van der Waals surface area contributed by atoms with Crippen molar-refractivity contribution < 1.29 is 14.6 Å². The van der Waals surface area contributed by atoms with Gasteiger partial charge in [-0.15, -0.1) is 0 Å². The van der Waals surface area contributed by atoms with E-state index in [1.54, 1.807) is 6.07 Å². The van der Waals surface area contributed by atoms with Crippen LogP contribution in [-0.4, -0.2) is 22.2 Å². The molecule has 1 N–H and O–H groups in total. The Kier molecular flexibility index (Phi) is 5.34. The third-order valence-corrected chi connectivity index (χ3v) is 4.43. The quantitative estimate of drug-likeness (QED) is 0.897. The number of ether oxygens (including phenoxy) is 1. The van der Waals surface area contributed by atoms with Crippen molar-refractivity contribution in [3.63, 3.8) is 0 Å². The Morgan fingerprint density at radius 2 is 2.19 bits per heavy atom. The van der Waals surface area contributed by atoms with Crippen LogP contribution in [0.1, 0.15) is 56.2 Å². The summed E-state index contributed by atoms with van der Waals surface area (Å²) in [4.78, 5) is 15.1. The van der Waals surface area contributed by atoms with Crippen LogP contribution in [-0.2, 0) is 11.3 Å². The highest BCUT2D eigenvalue weighted by molar-refractivity contribution is 5.85. The molecular formula is C17H25NO3.